The number of hydrogen-bond acceptors (Lipinski definition) is 5. The van der Waals surface area contributed by atoms with Gasteiger partial charge < -0.3 is 19.3 Å². The van der Waals surface area contributed by atoms with E-state index in [1.807, 2.05) is 38.1 Å². The molecular weight excluding hydrogens is 344 g/mol. The number of rotatable bonds is 6. The van der Waals surface area contributed by atoms with Crippen LogP contribution in [0.4, 0.5) is 0 Å². The van der Waals surface area contributed by atoms with E-state index in [1.165, 1.54) is 11.2 Å². The summed E-state index contributed by atoms with van der Waals surface area (Å²) in [6, 6.07) is 9.89. The van der Waals surface area contributed by atoms with E-state index in [4.69, 9.17) is 4.42 Å². The van der Waals surface area contributed by atoms with E-state index in [2.05, 4.69) is 0 Å². The van der Waals surface area contributed by atoms with Crippen LogP contribution in [0.15, 0.2) is 52.7 Å². The van der Waals surface area contributed by atoms with Gasteiger partial charge in [-0.25, -0.2) is 0 Å². The van der Waals surface area contributed by atoms with Gasteiger partial charge in [-0.2, -0.15) is 0 Å². The molecule has 1 aromatic heterocycles. The quantitative estimate of drug-likeness (QED) is 0.482. The highest BCUT2D eigenvalue weighted by atomic mass is 16.3. The van der Waals surface area contributed by atoms with Crippen molar-refractivity contribution in [2.75, 3.05) is 27.2 Å². The maximum absolute atomic E-state index is 12.7. The summed E-state index contributed by atoms with van der Waals surface area (Å²) in [5.74, 6) is -0.999. The maximum atomic E-state index is 12.7. The molecule has 0 bridgehead atoms. The first kappa shape index (κ1) is 18.9. The van der Waals surface area contributed by atoms with Crippen LogP contribution < -0.4 is 0 Å². The lowest BCUT2D eigenvalue weighted by Crippen LogP contribution is -2.32. The highest BCUT2D eigenvalue weighted by molar-refractivity contribution is 6.46. The largest absolute Gasteiger partial charge is 0.507 e. The van der Waals surface area contributed by atoms with Crippen LogP contribution in [-0.2, 0) is 9.59 Å². The number of aryl methyl sites for hydroxylation is 1. The summed E-state index contributed by atoms with van der Waals surface area (Å²) in [5.41, 5.74) is 1.62. The number of benzene rings is 1. The van der Waals surface area contributed by atoms with Crippen molar-refractivity contribution >= 4 is 17.4 Å². The number of ketones is 1. The number of aliphatic hydroxyl groups is 1. The normalized spacial score (nSPS) is 19.3. The Balaban J connectivity index is 2.03. The Labute approximate surface area is 158 Å². The first-order valence-electron chi connectivity index (χ1n) is 8.93. The number of nitrogens with zero attached hydrogens (tertiary/aromatic N) is 2. The fourth-order valence-electron chi connectivity index (χ4n) is 3.28. The van der Waals surface area contributed by atoms with Gasteiger partial charge in [-0.15, -0.1) is 0 Å². The minimum absolute atomic E-state index is 0.0728. The maximum Gasteiger partial charge on any atom is 0.295 e. The molecule has 6 heteroatoms. The fraction of sp³-hybridized carbons (Fsp3) is 0.333. The number of furan rings is 1. The van der Waals surface area contributed by atoms with Gasteiger partial charge in [0.1, 0.15) is 17.6 Å². The summed E-state index contributed by atoms with van der Waals surface area (Å²) in [7, 11) is 3.91. The number of likely N-dealkylation sites (tertiary alicyclic amines) is 1. The smallest absolute Gasteiger partial charge is 0.295 e. The molecule has 142 valence electrons. The number of carbonyl (C=O) groups excluding carboxylic acids is 2. The second-order valence-corrected chi connectivity index (χ2v) is 7.03. The van der Waals surface area contributed by atoms with Crippen molar-refractivity contribution in [1.29, 1.82) is 0 Å². The third-order valence-corrected chi connectivity index (χ3v) is 4.68. The third kappa shape index (κ3) is 3.80. The van der Waals surface area contributed by atoms with Gasteiger partial charge in [-0.05, 0) is 46.1 Å². The summed E-state index contributed by atoms with van der Waals surface area (Å²) >= 11 is 0. The third-order valence-electron chi connectivity index (χ3n) is 4.68. The van der Waals surface area contributed by atoms with Crippen molar-refractivity contribution in [2.24, 2.45) is 0 Å². The lowest BCUT2D eigenvalue weighted by molar-refractivity contribution is -0.140. The van der Waals surface area contributed by atoms with Crippen molar-refractivity contribution < 1.29 is 19.1 Å². The summed E-state index contributed by atoms with van der Waals surface area (Å²) < 4.78 is 5.51. The first-order valence-corrected chi connectivity index (χ1v) is 8.93. The van der Waals surface area contributed by atoms with E-state index in [-0.39, 0.29) is 11.3 Å². The van der Waals surface area contributed by atoms with E-state index < -0.39 is 17.7 Å². The topological polar surface area (TPSA) is 74.0 Å². The first-order chi connectivity index (χ1) is 12.9. The van der Waals surface area contributed by atoms with Crippen LogP contribution in [-0.4, -0.2) is 53.8 Å². The number of amides is 1. The van der Waals surface area contributed by atoms with Gasteiger partial charge in [-0.3, -0.25) is 9.59 Å². The molecule has 0 saturated carbocycles. The van der Waals surface area contributed by atoms with E-state index in [0.29, 0.717) is 24.3 Å². The van der Waals surface area contributed by atoms with E-state index in [0.717, 1.165) is 12.1 Å². The second kappa shape index (κ2) is 7.80. The zero-order valence-corrected chi connectivity index (χ0v) is 15.8. The molecule has 1 aromatic carbocycles. The number of hydrogen-bond donors (Lipinski definition) is 1. The molecule has 1 N–H and O–H groups in total. The Bertz CT molecular complexity index is 851. The molecule has 1 unspecified atom stereocenters. The average Bonchev–Trinajstić information content (AvgIpc) is 3.24. The molecule has 0 aliphatic carbocycles. The van der Waals surface area contributed by atoms with Crippen molar-refractivity contribution in [3.8, 4) is 0 Å². The van der Waals surface area contributed by atoms with E-state index >= 15 is 0 Å². The summed E-state index contributed by atoms with van der Waals surface area (Å²) in [6.07, 6.45) is 2.21. The second-order valence-electron chi connectivity index (χ2n) is 7.03. The molecule has 1 fully saturated rings. The van der Waals surface area contributed by atoms with E-state index in [9.17, 15) is 14.7 Å². The van der Waals surface area contributed by atoms with Crippen LogP contribution in [0.25, 0.3) is 5.76 Å². The molecular formula is C21H24N2O4. The van der Waals surface area contributed by atoms with Gasteiger partial charge in [0.05, 0.1) is 11.8 Å². The molecule has 0 spiro atoms. The van der Waals surface area contributed by atoms with Crippen molar-refractivity contribution in [3.63, 3.8) is 0 Å². The lowest BCUT2D eigenvalue weighted by atomic mass is 9.99. The number of carbonyl (C=O) groups is 2. The molecule has 2 aromatic rings. The monoisotopic (exact) mass is 368 g/mol. The Morgan fingerprint density at radius 2 is 1.89 bits per heavy atom. The molecule has 1 amide bonds. The predicted octanol–water partition coefficient (Wildman–Crippen LogP) is 2.96. The SMILES string of the molecule is Cc1ccc(/C(O)=C2\C(=O)C(=O)N(CCCN(C)C)C2c2ccco2)cc1. The van der Waals surface area contributed by atoms with Crippen LogP contribution in [0.3, 0.4) is 0 Å². The average molecular weight is 368 g/mol. The highest BCUT2D eigenvalue weighted by Gasteiger charge is 2.47. The van der Waals surface area contributed by atoms with E-state index in [1.54, 1.807) is 24.3 Å². The van der Waals surface area contributed by atoms with Crippen molar-refractivity contribution in [3.05, 3.63) is 65.1 Å². The van der Waals surface area contributed by atoms with Gasteiger partial charge in [0.2, 0.25) is 0 Å². The van der Waals surface area contributed by atoms with Crippen LogP contribution in [0.1, 0.15) is 29.3 Å². The number of aliphatic hydroxyl groups excluding tert-OH is 1. The molecule has 6 nitrogen and oxygen atoms in total. The molecule has 1 aliphatic heterocycles. The predicted molar refractivity (Wildman–Crippen MR) is 102 cm³/mol. The Hall–Kier alpha value is -2.86. The summed E-state index contributed by atoms with van der Waals surface area (Å²) in [6.45, 7) is 3.13. The lowest BCUT2D eigenvalue weighted by Gasteiger charge is -2.24. The standard InChI is InChI=1S/C21H24N2O4/c1-14-7-9-15(10-8-14)19(24)17-18(16-6-4-13-27-16)23(21(26)20(17)25)12-5-11-22(2)3/h4,6-10,13,18,24H,5,11-12H2,1-3H3/b19-17+. The van der Waals surface area contributed by atoms with Gasteiger partial charge >= 0.3 is 0 Å². The molecule has 1 saturated heterocycles. The van der Waals surface area contributed by atoms with Crippen LogP contribution in [0.5, 0.6) is 0 Å². The fourth-order valence-corrected chi connectivity index (χ4v) is 3.28. The van der Waals surface area contributed by atoms with Crippen LogP contribution in [0, 0.1) is 6.92 Å². The van der Waals surface area contributed by atoms with Crippen molar-refractivity contribution in [1.82, 2.24) is 9.80 Å². The van der Waals surface area contributed by atoms with Gasteiger partial charge in [-0.1, -0.05) is 29.8 Å². The zero-order chi connectivity index (χ0) is 19.6. The summed E-state index contributed by atoms with van der Waals surface area (Å²) in [4.78, 5) is 28.9. The Morgan fingerprint density at radius 3 is 2.48 bits per heavy atom. The molecule has 2 heterocycles. The minimum atomic E-state index is -0.719. The molecule has 1 aliphatic rings. The van der Waals surface area contributed by atoms with Gasteiger partial charge in [0.15, 0.2) is 0 Å². The minimum Gasteiger partial charge on any atom is -0.507 e. The molecule has 3 rings (SSSR count). The molecule has 1 atom stereocenters. The Morgan fingerprint density at radius 1 is 1.19 bits per heavy atom. The van der Waals surface area contributed by atoms with Crippen molar-refractivity contribution in [2.45, 2.75) is 19.4 Å². The molecule has 27 heavy (non-hydrogen) atoms. The van der Waals surface area contributed by atoms with Crippen LogP contribution in [0.2, 0.25) is 0 Å². The Kier molecular flexibility index (Phi) is 5.46. The van der Waals surface area contributed by atoms with Crippen LogP contribution >= 0.6 is 0 Å². The zero-order valence-electron chi connectivity index (χ0n) is 15.8. The van der Waals surface area contributed by atoms with Gasteiger partial charge in [0, 0.05) is 12.1 Å². The summed E-state index contributed by atoms with van der Waals surface area (Å²) in [5, 5.41) is 10.8. The highest BCUT2D eigenvalue weighted by Crippen LogP contribution is 2.39. The van der Waals surface area contributed by atoms with Gasteiger partial charge in [0.25, 0.3) is 11.7 Å². The number of Topliss-reactive ketones (excluding diaryl/α,β-unsaturated/α-hetero) is 1. The molecule has 0 radical (unpaired) electrons.